The van der Waals surface area contributed by atoms with Gasteiger partial charge in [-0.2, -0.15) is 10.2 Å². The average Bonchev–Trinajstić information content (AvgIpc) is 3.26. The number of nitrogens with one attached hydrogen (secondary N) is 1. The summed E-state index contributed by atoms with van der Waals surface area (Å²) in [5.41, 5.74) is 4.15. The SMILES string of the molecule is Cc1cc(-c2nnc(CCC(=O)Nc3c(C)nn(C(C)C)c3C)o2)n(C)n1. The van der Waals surface area contributed by atoms with Gasteiger partial charge in [0.2, 0.25) is 11.8 Å². The van der Waals surface area contributed by atoms with Gasteiger partial charge in [0.1, 0.15) is 5.69 Å². The number of amides is 1. The number of carbonyl (C=O) groups is 1. The summed E-state index contributed by atoms with van der Waals surface area (Å²) >= 11 is 0. The van der Waals surface area contributed by atoms with Gasteiger partial charge in [-0.15, -0.1) is 10.2 Å². The molecule has 0 bridgehead atoms. The van der Waals surface area contributed by atoms with Crippen molar-refractivity contribution in [2.75, 3.05) is 5.32 Å². The number of rotatable bonds is 6. The summed E-state index contributed by atoms with van der Waals surface area (Å²) in [5.74, 6) is 0.712. The minimum absolute atomic E-state index is 0.111. The fraction of sp³-hybridized carbons (Fsp3) is 0.500. The Hall–Kier alpha value is -2.97. The fourth-order valence-electron chi connectivity index (χ4n) is 3.04. The predicted octanol–water partition coefficient (Wildman–Crippen LogP) is 2.74. The zero-order chi connectivity index (χ0) is 19.7. The minimum Gasteiger partial charge on any atom is -0.419 e. The third kappa shape index (κ3) is 3.91. The van der Waals surface area contributed by atoms with Gasteiger partial charge in [0.25, 0.3) is 5.89 Å². The molecule has 0 saturated carbocycles. The van der Waals surface area contributed by atoms with Crippen molar-refractivity contribution in [3.63, 3.8) is 0 Å². The Labute approximate surface area is 157 Å². The summed E-state index contributed by atoms with van der Waals surface area (Å²) in [6.45, 7) is 9.86. The van der Waals surface area contributed by atoms with Crippen LogP contribution in [0.25, 0.3) is 11.6 Å². The summed E-state index contributed by atoms with van der Waals surface area (Å²) < 4.78 is 9.27. The van der Waals surface area contributed by atoms with Crippen LogP contribution in [-0.2, 0) is 18.3 Å². The first-order valence-electron chi connectivity index (χ1n) is 8.95. The van der Waals surface area contributed by atoms with Crippen LogP contribution in [0, 0.1) is 20.8 Å². The van der Waals surface area contributed by atoms with Crippen LogP contribution in [0.5, 0.6) is 0 Å². The molecule has 0 saturated heterocycles. The second kappa shape index (κ2) is 7.34. The molecule has 0 fully saturated rings. The predicted molar refractivity (Wildman–Crippen MR) is 100 cm³/mol. The number of anilines is 1. The fourth-order valence-corrected chi connectivity index (χ4v) is 3.04. The highest BCUT2D eigenvalue weighted by atomic mass is 16.4. The molecule has 144 valence electrons. The van der Waals surface area contributed by atoms with Crippen LogP contribution in [0.2, 0.25) is 0 Å². The lowest BCUT2D eigenvalue weighted by Crippen LogP contribution is -2.14. The van der Waals surface area contributed by atoms with E-state index in [1.807, 2.05) is 38.6 Å². The lowest BCUT2D eigenvalue weighted by atomic mass is 10.2. The molecule has 0 aliphatic heterocycles. The van der Waals surface area contributed by atoms with E-state index >= 15 is 0 Å². The lowest BCUT2D eigenvalue weighted by Gasteiger charge is -2.09. The quantitative estimate of drug-likeness (QED) is 0.714. The van der Waals surface area contributed by atoms with E-state index < -0.39 is 0 Å². The molecule has 3 rings (SSSR count). The molecular formula is C18H25N7O2. The molecule has 27 heavy (non-hydrogen) atoms. The third-order valence-electron chi connectivity index (χ3n) is 4.33. The van der Waals surface area contributed by atoms with Crippen molar-refractivity contribution in [3.8, 4) is 11.6 Å². The van der Waals surface area contributed by atoms with Crippen molar-refractivity contribution < 1.29 is 9.21 Å². The first-order chi connectivity index (χ1) is 12.8. The molecule has 0 aliphatic carbocycles. The van der Waals surface area contributed by atoms with Gasteiger partial charge in [0, 0.05) is 25.9 Å². The number of hydrogen-bond acceptors (Lipinski definition) is 6. The van der Waals surface area contributed by atoms with E-state index in [1.165, 1.54) is 0 Å². The number of carbonyl (C=O) groups excluding carboxylic acids is 1. The Balaban J connectivity index is 1.63. The topological polar surface area (TPSA) is 104 Å². The maximum Gasteiger partial charge on any atom is 0.265 e. The minimum atomic E-state index is -0.111. The van der Waals surface area contributed by atoms with E-state index in [-0.39, 0.29) is 18.4 Å². The molecule has 1 amide bonds. The van der Waals surface area contributed by atoms with Crippen molar-refractivity contribution in [1.29, 1.82) is 0 Å². The summed E-state index contributed by atoms with van der Waals surface area (Å²) in [6.07, 6.45) is 0.615. The van der Waals surface area contributed by atoms with Crippen molar-refractivity contribution in [1.82, 2.24) is 29.8 Å². The normalized spacial score (nSPS) is 11.4. The highest BCUT2D eigenvalue weighted by Gasteiger charge is 2.17. The molecule has 0 aliphatic rings. The molecule has 0 unspecified atom stereocenters. The van der Waals surface area contributed by atoms with Crippen LogP contribution in [0.4, 0.5) is 5.69 Å². The Morgan fingerprint density at radius 3 is 2.56 bits per heavy atom. The van der Waals surface area contributed by atoms with Gasteiger partial charge in [-0.1, -0.05) is 0 Å². The Morgan fingerprint density at radius 1 is 1.22 bits per heavy atom. The molecule has 0 spiro atoms. The average molecular weight is 371 g/mol. The van der Waals surface area contributed by atoms with E-state index in [9.17, 15) is 4.79 Å². The molecule has 0 radical (unpaired) electrons. The summed E-state index contributed by atoms with van der Waals surface area (Å²) in [4.78, 5) is 12.4. The summed E-state index contributed by atoms with van der Waals surface area (Å²) in [6, 6.07) is 2.11. The first-order valence-corrected chi connectivity index (χ1v) is 8.95. The van der Waals surface area contributed by atoms with Gasteiger partial charge in [0.15, 0.2) is 0 Å². The van der Waals surface area contributed by atoms with Crippen LogP contribution >= 0.6 is 0 Å². The molecule has 0 atom stereocenters. The van der Waals surface area contributed by atoms with Crippen LogP contribution in [0.15, 0.2) is 10.5 Å². The maximum atomic E-state index is 12.4. The van der Waals surface area contributed by atoms with Gasteiger partial charge in [-0.05, 0) is 40.7 Å². The van der Waals surface area contributed by atoms with E-state index in [0.717, 1.165) is 28.5 Å². The highest BCUT2D eigenvalue weighted by molar-refractivity contribution is 5.91. The van der Waals surface area contributed by atoms with Gasteiger partial charge in [-0.25, -0.2) is 0 Å². The van der Waals surface area contributed by atoms with Crippen molar-refractivity contribution in [2.24, 2.45) is 7.05 Å². The Morgan fingerprint density at radius 2 is 1.96 bits per heavy atom. The van der Waals surface area contributed by atoms with E-state index in [0.29, 0.717) is 18.2 Å². The molecule has 9 heteroatoms. The molecule has 1 N–H and O–H groups in total. The largest absolute Gasteiger partial charge is 0.419 e. The zero-order valence-electron chi connectivity index (χ0n) is 16.6. The second-order valence-corrected chi connectivity index (χ2v) is 6.93. The summed E-state index contributed by atoms with van der Waals surface area (Å²) in [7, 11) is 1.82. The number of aryl methyl sites for hydroxylation is 4. The first kappa shape index (κ1) is 18.8. The van der Waals surface area contributed by atoms with Crippen molar-refractivity contribution >= 4 is 11.6 Å². The molecule has 0 aromatic carbocycles. The smallest absolute Gasteiger partial charge is 0.265 e. The zero-order valence-corrected chi connectivity index (χ0v) is 16.6. The van der Waals surface area contributed by atoms with Crippen LogP contribution in [0.3, 0.4) is 0 Å². The number of hydrogen-bond donors (Lipinski definition) is 1. The summed E-state index contributed by atoms with van der Waals surface area (Å²) in [5, 5.41) is 19.8. The van der Waals surface area contributed by atoms with Crippen LogP contribution in [0.1, 0.15) is 49.3 Å². The third-order valence-corrected chi connectivity index (χ3v) is 4.33. The Bertz CT molecular complexity index is 965. The van der Waals surface area contributed by atoms with Gasteiger partial charge in [0.05, 0.1) is 22.8 Å². The van der Waals surface area contributed by atoms with Crippen LogP contribution < -0.4 is 5.32 Å². The number of nitrogens with zero attached hydrogens (tertiary/aromatic N) is 6. The van der Waals surface area contributed by atoms with E-state index in [1.54, 1.807) is 4.68 Å². The van der Waals surface area contributed by atoms with Gasteiger partial charge in [-0.3, -0.25) is 14.2 Å². The van der Waals surface area contributed by atoms with E-state index in [2.05, 4.69) is 39.6 Å². The molecule has 3 aromatic rings. The Kier molecular flexibility index (Phi) is 5.11. The highest BCUT2D eigenvalue weighted by Crippen LogP contribution is 2.23. The molecular weight excluding hydrogens is 346 g/mol. The second-order valence-electron chi connectivity index (χ2n) is 6.93. The van der Waals surface area contributed by atoms with Crippen molar-refractivity contribution in [2.45, 2.75) is 53.5 Å². The number of aromatic nitrogens is 6. The molecule has 9 nitrogen and oxygen atoms in total. The van der Waals surface area contributed by atoms with E-state index in [4.69, 9.17) is 4.42 Å². The van der Waals surface area contributed by atoms with Crippen LogP contribution in [-0.4, -0.2) is 35.7 Å². The lowest BCUT2D eigenvalue weighted by molar-refractivity contribution is -0.116. The maximum absolute atomic E-state index is 12.4. The standard InChI is InChI=1S/C18H25N7O2/c1-10(2)25-13(5)17(12(4)23-25)19-15(26)7-8-16-20-21-18(27-16)14-9-11(3)22-24(14)6/h9-10H,7-8H2,1-6H3,(H,19,26). The van der Waals surface area contributed by atoms with Gasteiger partial charge >= 0.3 is 0 Å². The molecule has 3 aromatic heterocycles. The van der Waals surface area contributed by atoms with Crippen molar-refractivity contribution in [3.05, 3.63) is 29.0 Å². The van der Waals surface area contributed by atoms with Gasteiger partial charge < -0.3 is 9.73 Å². The molecule has 3 heterocycles. The monoisotopic (exact) mass is 371 g/mol.